The molecule has 0 aromatic heterocycles. The number of rotatable bonds is 5. The van der Waals surface area contributed by atoms with Crippen LogP contribution in [-0.4, -0.2) is 31.7 Å². The SMILES string of the molecule is Cc1ccc([C@H](C)NC(=O)c2cccc(S(=O)(=O)N3CCC(C)CC3)c2)cc1C. The average Bonchev–Trinajstić information content (AvgIpc) is 2.70. The van der Waals surface area contributed by atoms with Crippen LogP contribution in [0.2, 0.25) is 0 Å². The van der Waals surface area contributed by atoms with Crippen molar-refractivity contribution in [3.8, 4) is 0 Å². The average molecular weight is 415 g/mol. The van der Waals surface area contributed by atoms with Gasteiger partial charge >= 0.3 is 0 Å². The molecule has 1 aliphatic rings. The van der Waals surface area contributed by atoms with Crippen molar-refractivity contribution in [1.29, 1.82) is 0 Å². The van der Waals surface area contributed by atoms with Crippen molar-refractivity contribution in [2.45, 2.75) is 51.5 Å². The molecule has 0 spiro atoms. The molecule has 1 saturated heterocycles. The third-order valence-electron chi connectivity index (χ3n) is 5.86. The lowest BCUT2D eigenvalue weighted by Gasteiger charge is -2.29. The summed E-state index contributed by atoms with van der Waals surface area (Å²) in [6, 6.07) is 12.3. The normalized spacial score (nSPS) is 17.1. The predicted molar refractivity (Wildman–Crippen MR) is 115 cm³/mol. The van der Waals surface area contributed by atoms with Gasteiger partial charge in [0.25, 0.3) is 5.91 Å². The topological polar surface area (TPSA) is 66.5 Å². The molecule has 1 aliphatic heterocycles. The van der Waals surface area contributed by atoms with Crippen LogP contribution < -0.4 is 5.32 Å². The fourth-order valence-corrected chi connectivity index (χ4v) is 5.09. The highest BCUT2D eigenvalue weighted by Gasteiger charge is 2.28. The van der Waals surface area contributed by atoms with Gasteiger partial charge in [0.05, 0.1) is 10.9 Å². The fraction of sp³-hybridized carbons (Fsp3) is 0.435. The largest absolute Gasteiger partial charge is 0.346 e. The Kier molecular flexibility index (Phi) is 6.44. The number of aryl methyl sites for hydroxylation is 2. The number of carbonyl (C=O) groups is 1. The quantitative estimate of drug-likeness (QED) is 0.797. The monoisotopic (exact) mass is 414 g/mol. The molecule has 156 valence electrons. The molecule has 3 rings (SSSR count). The second-order valence-electron chi connectivity index (χ2n) is 8.15. The number of piperidine rings is 1. The van der Waals surface area contributed by atoms with E-state index in [-0.39, 0.29) is 16.8 Å². The molecule has 0 aliphatic carbocycles. The maximum absolute atomic E-state index is 13.0. The van der Waals surface area contributed by atoms with Crippen molar-refractivity contribution < 1.29 is 13.2 Å². The third-order valence-corrected chi connectivity index (χ3v) is 7.75. The number of nitrogens with zero attached hydrogens (tertiary/aromatic N) is 1. The zero-order valence-corrected chi connectivity index (χ0v) is 18.4. The summed E-state index contributed by atoms with van der Waals surface area (Å²) >= 11 is 0. The molecule has 1 fully saturated rings. The first-order valence-corrected chi connectivity index (χ1v) is 11.6. The van der Waals surface area contributed by atoms with Gasteiger partial charge in [-0.3, -0.25) is 4.79 Å². The number of nitrogens with one attached hydrogen (secondary N) is 1. The van der Waals surface area contributed by atoms with E-state index < -0.39 is 10.0 Å². The summed E-state index contributed by atoms with van der Waals surface area (Å²) in [6.45, 7) is 9.23. The van der Waals surface area contributed by atoms with Crippen molar-refractivity contribution >= 4 is 15.9 Å². The molecule has 2 aromatic rings. The molecule has 2 aromatic carbocycles. The molecule has 1 atom stereocenters. The molecular formula is C23H30N2O3S. The van der Waals surface area contributed by atoms with Crippen LogP contribution in [0.15, 0.2) is 47.4 Å². The summed E-state index contributed by atoms with van der Waals surface area (Å²) in [4.78, 5) is 12.9. The van der Waals surface area contributed by atoms with Gasteiger partial charge in [0, 0.05) is 18.7 Å². The van der Waals surface area contributed by atoms with E-state index in [0.717, 1.165) is 18.4 Å². The second kappa shape index (κ2) is 8.67. The molecule has 1 N–H and O–H groups in total. The minimum absolute atomic E-state index is 0.175. The molecule has 0 radical (unpaired) electrons. The summed E-state index contributed by atoms with van der Waals surface area (Å²) in [5, 5.41) is 2.98. The van der Waals surface area contributed by atoms with Crippen LogP contribution in [0.4, 0.5) is 0 Å². The van der Waals surface area contributed by atoms with Gasteiger partial charge in [-0.1, -0.05) is 31.2 Å². The van der Waals surface area contributed by atoms with Crippen LogP contribution in [0.5, 0.6) is 0 Å². The Morgan fingerprint density at radius 2 is 1.76 bits per heavy atom. The van der Waals surface area contributed by atoms with Gasteiger partial charge in [0.1, 0.15) is 0 Å². The van der Waals surface area contributed by atoms with Gasteiger partial charge < -0.3 is 5.32 Å². The Morgan fingerprint density at radius 3 is 2.41 bits per heavy atom. The Hall–Kier alpha value is -2.18. The van der Waals surface area contributed by atoms with Gasteiger partial charge in [-0.2, -0.15) is 4.31 Å². The molecule has 29 heavy (non-hydrogen) atoms. The minimum Gasteiger partial charge on any atom is -0.346 e. The molecule has 5 nitrogen and oxygen atoms in total. The lowest BCUT2D eigenvalue weighted by molar-refractivity contribution is 0.0939. The van der Waals surface area contributed by atoms with Crippen LogP contribution in [0.1, 0.15) is 59.8 Å². The van der Waals surface area contributed by atoms with Gasteiger partial charge in [0.2, 0.25) is 10.0 Å². The third kappa shape index (κ3) is 4.87. The van der Waals surface area contributed by atoms with Gasteiger partial charge in [0.15, 0.2) is 0 Å². The number of hydrogen-bond acceptors (Lipinski definition) is 3. The highest BCUT2D eigenvalue weighted by Crippen LogP contribution is 2.24. The second-order valence-corrected chi connectivity index (χ2v) is 10.1. The van der Waals surface area contributed by atoms with Crippen LogP contribution in [0.25, 0.3) is 0 Å². The standard InChI is InChI=1S/C23H30N2O3S/c1-16-10-12-25(13-11-16)29(27,28)22-7-5-6-21(15-22)23(26)24-19(4)20-9-8-17(2)18(3)14-20/h5-9,14-16,19H,10-13H2,1-4H3,(H,24,26)/t19-/m0/s1. The summed E-state index contributed by atoms with van der Waals surface area (Å²) < 4.78 is 27.5. The van der Waals surface area contributed by atoms with Crippen LogP contribution >= 0.6 is 0 Å². The first kappa shape index (κ1) is 21.5. The Morgan fingerprint density at radius 1 is 1.07 bits per heavy atom. The van der Waals surface area contributed by atoms with E-state index in [0.29, 0.717) is 24.6 Å². The van der Waals surface area contributed by atoms with E-state index >= 15 is 0 Å². The molecule has 0 unspecified atom stereocenters. The molecule has 1 amide bonds. The van der Waals surface area contributed by atoms with Gasteiger partial charge in [-0.25, -0.2) is 8.42 Å². The zero-order valence-electron chi connectivity index (χ0n) is 17.6. The van der Waals surface area contributed by atoms with Crippen molar-refractivity contribution in [2.75, 3.05) is 13.1 Å². The van der Waals surface area contributed by atoms with Crippen molar-refractivity contribution in [1.82, 2.24) is 9.62 Å². The summed E-state index contributed by atoms with van der Waals surface area (Å²) in [5.74, 6) is 0.269. The lowest BCUT2D eigenvalue weighted by atomic mass is 10.0. The van der Waals surface area contributed by atoms with Crippen LogP contribution in [-0.2, 0) is 10.0 Å². The zero-order chi connectivity index (χ0) is 21.2. The molecule has 0 bridgehead atoms. The predicted octanol–water partition coefficient (Wildman–Crippen LogP) is 4.22. The van der Waals surface area contributed by atoms with E-state index in [9.17, 15) is 13.2 Å². The van der Waals surface area contributed by atoms with Gasteiger partial charge in [-0.05, 0) is 74.4 Å². The highest BCUT2D eigenvalue weighted by atomic mass is 32.2. The van der Waals surface area contributed by atoms with E-state index in [2.05, 4.69) is 25.2 Å². The van der Waals surface area contributed by atoms with Crippen molar-refractivity contribution in [3.63, 3.8) is 0 Å². The van der Waals surface area contributed by atoms with Gasteiger partial charge in [-0.15, -0.1) is 0 Å². The number of hydrogen-bond donors (Lipinski definition) is 1. The maximum Gasteiger partial charge on any atom is 0.251 e. The van der Waals surface area contributed by atoms with E-state index in [1.54, 1.807) is 18.2 Å². The van der Waals surface area contributed by atoms with Crippen molar-refractivity contribution in [2.24, 2.45) is 5.92 Å². The maximum atomic E-state index is 13.0. The Balaban J connectivity index is 1.76. The number of carbonyl (C=O) groups excluding carboxylic acids is 1. The van der Waals surface area contributed by atoms with Crippen molar-refractivity contribution in [3.05, 3.63) is 64.7 Å². The van der Waals surface area contributed by atoms with Crippen LogP contribution in [0.3, 0.4) is 0 Å². The number of benzene rings is 2. The minimum atomic E-state index is -3.58. The summed E-state index contributed by atoms with van der Waals surface area (Å²) in [5.41, 5.74) is 3.75. The molecule has 1 heterocycles. The van der Waals surface area contributed by atoms with Crippen LogP contribution in [0, 0.1) is 19.8 Å². The fourth-order valence-electron chi connectivity index (χ4n) is 3.57. The molecule has 6 heteroatoms. The first-order chi connectivity index (χ1) is 13.7. The van der Waals surface area contributed by atoms with E-state index in [4.69, 9.17) is 0 Å². The van der Waals surface area contributed by atoms with E-state index in [1.165, 1.54) is 21.5 Å². The first-order valence-electron chi connectivity index (χ1n) is 10.2. The highest BCUT2D eigenvalue weighted by molar-refractivity contribution is 7.89. The summed E-state index contributed by atoms with van der Waals surface area (Å²) in [7, 11) is -3.58. The molecular weight excluding hydrogens is 384 g/mol. The van der Waals surface area contributed by atoms with E-state index in [1.807, 2.05) is 26.0 Å². The number of sulfonamides is 1. The smallest absolute Gasteiger partial charge is 0.251 e. The number of amides is 1. The molecule has 0 saturated carbocycles. The Bertz CT molecular complexity index is 993. The summed E-state index contributed by atoms with van der Waals surface area (Å²) in [6.07, 6.45) is 1.74. The Labute approximate surface area is 174 Å². The lowest BCUT2D eigenvalue weighted by Crippen LogP contribution is -2.38.